The molecule has 4 heteroatoms. The first-order valence-corrected chi connectivity index (χ1v) is 12.1. The Labute approximate surface area is 183 Å². The Balaban J connectivity index is 1.45. The van der Waals surface area contributed by atoms with Crippen molar-refractivity contribution in [3.8, 4) is 0 Å². The van der Waals surface area contributed by atoms with Gasteiger partial charge in [-0.2, -0.15) is 0 Å². The lowest BCUT2D eigenvalue weighted by molar-refractivity contribution is 0.512. The first-order valence-electron chi connectivity index (χ1n) is 12.1. The van der Waals surface area contributed by atoms with Gasteiger partial charge >= 0.3 is 0 Å². The van der Waals surface area contributed by atoms with E-state index in [1.54, 1.807) is 0 Å². The minimum absolute atomic E-state index is 0.690. The van der Waals surface area contributed by atoms with E-state index in [1.807, 2.05) is 12.4 Å². The number of unbranched alkanes of at least 4 members (excludes halogenated alkanes) is 9. The average Bonchev–Trinajstić information content (AvgIpc) is 2.76. The maximum absolute atomic E-state index is 8.22. The van der Waals surface area contributed by atoms with Crippen molar-refractivity contribution < 1.29 is 0 Å². The Morgan fingerprint density at radius 3 is 1.23 bits per heavy atom. The normalized spacial score (nSPS) is 11.1. The molecule has 0 saturated carbocycles. The summed E-state index contributed by atoms with van der Waals surface area (Å²) in [7, 11) is 0. The number of hydrogen-bond donors (Lipinski definition) is 2. The van der Waals surface area contributed by atoms with Gasteiger partial charge in [0.1, 0.15) is 11.0 Å². The van der Waals surface area contributed by atoms with E-state index in [2.05, 4.69) is 47.2 Å². The molecule has 0 aliphatic heterocycles. The molecule has 0 saturated heterocycles. The van der Waals surface area contributed by atoms with Gasteiger partial charge in [0, 0.05) is 25.5 Å². The minimum Gasteiger partial charge on any atom is -0.333 e. The molecule has 0 radical (unpaired) electrons. The maximum Gasteiger partial charge on any atom is 0.127 e. The molecule has 0 spiro atoms. The van der Waals surface area contributed by atoms with Crippen molar-refractivity contribution in [3.63, 3.8) is 0 Å². The van der Waals surface area contributed by atoms with Gasteiger partial charge in [0.2, 0.25) is 0 Å². The number of nitrogens with zero attached hydrogens (tertiary/aromatic N) is 2. The molecule has 0 unspecified atom stereocenters. The molecule has 2 N–H and O–H groups in total. The Morgan fingerprint density at radius 2 is 0.900 bits per heavy atom. The van der Waals surface area contributed by atoms with Crippen LogP contribution >= 0.6 is 0 Å². The molecular formula is C26H42N4. The number of aryl methyl sites for hydroxylation is 4. The molecule has 0 atom stereocenters. The molecule has 0 amide bonds. The summed E-state index contributed by atoms with van der Waals surface area (Å²) >= 11 is 0. The number of rotatable bonds is 15. The van der Waals surface area contributed by atoms with Gasteiger partial charge in [0.15, 0.2) is 0 Å². The van der Waals surface area contributed by atoms with Gasteiger partial charge in [-0.05, 0) is 48.9 Å². The van der Waals surface area contributed by atoms with E-state index in [4.69, 9.17) is 10.8 Å². The lowest BCUT2D eigenvalue weighted by Crippen LogP contribution is -2.22. The molecule has 0 aromatic carbocycles. The zero-order chi connectivity index (χ0) is 21.6. The number of nitrogens with one attached hydrogen (secondary N) is 2. The Bertz CT molecular complexity index is 775. The summed E-state index contributed by atoms with van der Waals surface area (Å²) in [6, 6.07) is 8.27. The molecule has 2 aromatic heterocycles. The predicted octanol–water partition coefficient (Wildman–Crippen LogP) is 5.97. The van der Waals surface area contributed by atoms with Crippen molar-refractivity contribution in [3.05, 3.63) is 58.8 Å². The fourth-order valence-corrected chi connectivity index (χ4v) is 4.12. The number of pyridine rings is 2. The highest BCUT2D eigenvalue weighted by molar-refractivity contribution is 5.09. The van der Waals surface area contributed by atoms with E-state index in [9.17, 15) is 0 Å². The monoisotopic (exact) mass is 410 g/mol. The molecule has 166 valence electrons. The zero-order valence-electron chi connectivity index (χ0n) is 19.3. The van der Waals surface area contributed by atoms with Gasteiger partial charge in [-0.25, -0.2) is 0 Å². The van der Waals surface area contributed by atoms with Crippen LogP contribution < -0.4 is 11.0 Å². The highest BCUT2D eigenvalue weighted by Crippen LogP contribution is 2.11. The summed E-state index contributed by atoms with van der Waals surface area (Å²) in [5.74, 6) is 0. The summed E-state index contributed by atoms with van der Waals surface area (Å²) in [4.78, 5) is 0. The fourth-order valence-electron chi connectivity index (χ4n) is 4.12. The SMILES string of the molecule is CCc1cccn(CCCCCCCCCCCCn2cccc(CC)c2=N)c1=N. The quantitative estimate of drug-likeness (QED) is 0.340. The van der Waals surface area contributed by atoms with Crippen molar-refractivity contribution >= 4 is 0 Å². The van der Waals surface area contributed by atoms with E-state index < -0.39 is 0 Å². The van der Waals surface area contributed by atoms with Gasteiger partial charge in [0.05, 0.1) is 0 Å². The third-order valence-corrected chi connectivity index (χ3v) is 6.12. The number of hydrogen-bond acceptors (Lipinski definition) is 2. The second-order valence-electron chi connectivity index (χ2n) is 8.39. The summed E-state index contributed by atoms with van der Waals surface area (Å²) in [5.41, 5.74) is 3.67. The van der Waals surface area contributed by atoms with Gasteiger partial charge in [0.25, 0.3) is 0 Å². The molecule has 30 heavy (non-hydrogen) atoms. The molecule has 0 bridgehead atoms. The highest BCUT2D eigenvalue weighted by atomic mass is 15.0. The van der Waals surface area contributed by atoms with Crippen LogP contribution in [0.15, 0.2) is 36.7 Å². The lowest BCUT2D eigenvalue weighted by atomic mass is 10.1. The molecular weight excluding hydrogens is 368 g/mol. The smallest absolute Gasteiger partial charge is 0.127 e. The van der Waals surface area contributed by atoms with Gasteiger partial charge < -0.3 is 9.13 Å². The van der Waals surface area contributed by atoms with Crippen molar-refractivity contribution in [1.82, 2.24) is 9.13 Å². The Hall–Kier alpha value is -2.10. The van der Waals surface area contributed by atoms with Crippen LogP contribution in [0.25, 0.3) is 0 Å². The summed E-state index contributed by atoms with van der Waals surface area (Å²) in [6.45, 7) is 6.20. The first-order chi connectivity index (χ1) is 14.7. The summed E-state index contributed by atoms with van der Waals surface area (Å²) < 4.78 is 4.19. The van der Waals surface area contributed by atoms with Gasteiger partial charge in [-0.3, -0.25) is 10.8 Å². The standard InChI is InChI=1S/C26H42N4/c1-3-23-17-15-21-29(25(23)27)19-13-11-9-7-5-6-8-10-12-14-20-30-22-16-18-24(4-2)26(30)28/h15-18,21-22,27-28H,3-14,19-20H2,1-2H3. The van der Waals surface area contributed by atoms with Crippen molar-refractivity contribution in [1.29, 1.82) is 10.8 Å². The average molecular weight is 411 g/mol. The van der Waals surface area contributed by atoms with E-state index in [-0.39, 0.29) is 0 Å². The van der Waals surface area contributed by atoms with Crippen LogP contribution in [-0.4, -0.2) is 9.13 Å². The van der Waals surface area contributed by atoms with Crippen LogP contribution in [-0.2, 0) is 25.9 Å². The van der Waals surface area contributed by atoms with Crippen molar-refractivity contribution in [2.45, 2.75) is 104 Å². The first kappa shape index (κ1) is 24.2. The van der Waals surface area contributed by atoms with E-state index in [0.29, 0.717) is 11.0 Å². The second kappa shape index (κ2) is 14.0. The van der Waals surface area contributed by atoms with Crippen molar-refractivity contribution in [2.24, 2.45) is 0 Å². The highest BCUT2D eigenvalue weighted by Gasteiger charge is 2.00. The van der Waals surface area contributed by atoms with Crippen LogP contribution in [0.4, 0.5) is 0 Å². The number of aromatic nitrogens is 2. The third-order valence-electron chi connectivity index (χ3n) is 6.12. The zero-order valence-corrected chi connectivity index (χ0v) is 19.3. The molecule has 2 aromatic rings. The maximum atomic E-state index is 8.22. The molecule has 0 aliphatic rings. The van der Waals surface area contributed by atoms with E-state index >= 15 is 0 Å². The molecule has 2 rings (SSSR count). The van der Waals surface area contributed by atoms with Crippen molar-refractivity contribution in [2.75, 3.05) is 0 Å². The third kappa shape index (κ3) is 7.97. The predicted molar refractivity (Wildman–Crippen MR) is 125 cm³/mol. The molecule has 2 heterocycles. The van der Waals surface area contributed by atoms with E-state index in [0.717, 1.165) is 37.1 Å². The Morgan fingerprint density at radius 1 is 0.567 bits per heavy atom. The van der Waals surface area contributed by atoms with Gasteiger partial charge in [-0.1, -0.05) is 77.3 Å². The molecule has 0 aliphatic carbocycles. The largest absolute Gasteiger partial charge is 0.333 e. The molecule has 4 nitrogen and oxygen atoms in total. The molecule has 0 fully saturated rings. The van der Waals surface area contributed by atoms with Gasteiger partial charge in [-0.15, -0.1) is 0 Å². The fraction of sp³-hybridized carbons (Fsp3) is 0.615. The van der Waals surface area contributed by atoms with Crippen LogP contribution in [0, 0.1) is 10.8 Å². The summed E-state index contributed by atoms with van der Waals surface area (Å²) in [6.07, 6.45) is 18.9. The minimum atomic E-state index is 0.690. The van der Waals surface area contributed by atoms with Crippen LogP contribution in [0.5, 0.6) is 0 Å². The topological polar surface area (TPSA) is 57.6 Å². The van der Waals surface area contributed by atoms with Crippen LogP contribution in [0.3, 0.4) is 0 Å². The summed E-state index contributed by atoms with van der Waals surface area (Å²) in [5, 5.41) is 16.4. The van der Waals surface area contributed by atoms with Crippen LogP contribution in [0.2, 0.25) is 0 Å². The Kier molecular flexibility index (Phi) is 11.3. The van der Waals surface area contributed by atoms with Crippen LogP contribution in [0.1, 0.15) is 89.2 Å². The lowest BCUT2D eigenvalue weighted by Gasteiger charge is -2.09. The second-order valence-corrected chi connectivity index (χ2v) is 8.39. The van der Waals surface area contributed by atoms with E-state index in [1.165, 1.54) is 64.2 Å².